The first-order valence-electron chi connectivity index (χ1n) is 4.40. The van der Waals surface area contributed by atoms with Crippen molar-refractivity contribution in [3.05, 3.63) is 5.01 Å². The van der Waals surface area contributed by atoms with Crippen molar-refractivity contribution in [2.45, 2.75) is 26.6 Å². The number of nitrogens with zero attached hydrogens (tertiary/aromatic N) is 2. The summed E-state index contributed by atoms with van der Waals surface area (Å²) in [6.45, 7) is 4.83. The van der Waals surface area contributed by atoms with E-state index in [1.807, 2.05) is 13.8 Å². The molecule has 0 aliphatic rings. The number of aromatic nitrogens is 2. The lowest BCUT2D eigenvalue weighted by Gasteiger charge is -2.06. The molecule has 0 spiro atoms. The Hall–Kier alpha value is -0.720. The molecule has 0 aliphatic carbocycles. The van der Waals surface area contributed by atoms with Gasteiger partial charge in [0.2, 0.25) is 0 Å². The van der Waals surface area contributed by atoms with Crippen LogP contribution in [0.1, 0.15) is 18.9 Å². The summed E-state index contributed by atoms with van der Waals surface area (Å²) < 4.78 is 10.5. The molecule has 0 amide bonds. The molecular formula is C8H14N2O3S. The highest BCUT2D eigenvalue weighted by atomic mass is 32.1. The Morgan fingerprint density at radius 2 is 2.14 bits per heavy atom. The van der Waals surface area contributed by atoms with Crippen LogP contribution in [0.15, 0.2) is 0 Å². The molecule has 0 saturated heterocycles. The molecule has 0 saturated carbocycles. The minimum absolute atomic E-state index is 0.0937. The lowest BCUT2D eigenvalue weighted by Crippen LogP contribution is -2.11. The van der Waals surface area contributed by atoms with E-state index in [0.717, 1.165) is 0 Å². The van der Waals surface area contributed by atoms with Crippen molar-refractivity contribution in [1.82, 2.24) is 10.2 Å². The highest BCUT2D eigenvalue weighted by Gasteiger charge is 2.03. The number of aliphatic hydroxyl groups excluding tert-OH is 1. The molecule has 1 aromatic rings. The Morgan fingerprint density at radius 3 is 2.71 bits per heavy atom. The van der Waals surface area contributed by atoms with Gasteiger partial charge in [-0.3, -0.25) is 0 Å². The van der Waals surface area contributed by atoms with Crippen LogP contribution in [0.25, 0.3) is 0 Å². The molecule has 0 radical (unpaired) electrons. The molecule has 0 unspecified atom stereocenters. The first-order valence-corrected chi connectivity index (χ1v) is 5.21. The van der Waals surface area contributed by atoms with Crippen molar-refractivity contribution < 1.29 is 14.6 Å². The van der Waals surface area contributed by atoms with E-state index in [2.05, 4.69) is 10.2 Å². The lowest BCUT2D eigenvalue weighted by molar-refractivity contribution is 0.0550. The Morgan fingerprint density at radius 1 is 1.36 bits per heavy atom. The van der Waals surface area contributed by atoms with Crippen LogP contribution in [0.5, 0.6) is 5.19 Å². The van der Waals surface area contributed by atoms with E-state index in [4.69, 9.17) is 14.6 Å². The summed E-state index contributed by atoms with van der Waals surface area (Å²) in [5.74, 6) is 0. The fraction of sp³-hybridized carbons (Fsp3) is 0.750. The lowest BCUT2D eigenvalue weighted by atomic mass is 10.5. The predicted octanol–water partition coefficient (Wildman–Crippen LogP) is 0.834. The molecule has 80 valence electrons. The molecule has 0 bridgehead atoms. The summed E-state index contributed by atoms with van der Waals surface area (Å²) >= 11 is 1.24. The first-order chi connectivity index (χ1) is 6.72. The number of rotatable bonds is 6. The van der Waals surface area contributed by atoms with Gasteiger partial charge in [-0.1, -0.05) is 16.4 Å². The quantitative estimate of drug-likeness (QED) is 0.717. The molecule has 0 aromatic carbocycles. The van der Waals surface area contributed by atoms with E-state index in [1.165, 1.54) is 11.3 Å². The van der Waals surface area contributed by atoms with Crippen molar-refractivity contribution in [3.8, 4) is 5.19 Å². The van der Waals surface area contributed by atoms with E-state index < -0.39 is 0 Å². The molecule has 0 aliphatic heterocycles. The maximum atomic E-state index is 8.72. The number of hydrogen-bond acceptors (Lipinski definition) is 6. The number of aliphatic hydroxyl groups is 1. The van der Waals surface area contributed by atoms with Crippen molar-refractivity contribution in [3.63, 3.8) is 0 Å². The second-order valence-electron chi connectivity index (χ2n) is 2.89. The zero-order valence-corrected chi connectivity index (χ0v) is 9.08. The Kier molecular flexibility index (Phi) is 4.78. The van der Waals surface area contributed by atoms with Gasteiger partial charge in [0.1, 0.15) is 11.6 Å². The van der Waals surface area contributed by atoms with Crippen LogP contribution in [0.3, 0.4) is 0 Å². The SMILES string of the molecule is CC(C)OCCOc1nnc(CO)s1. The fourth-order valence-electron chi connectivity index (χ4n) is 0.773. The van der Waals surface area contributed by atoms with E-state index in [9.17, 15) is 0 Å². The zero-order chi connectivity index (χ0) is 10.4. The van der Waals surface area contributed by atoms with E-state index in [1.54, 1.807) is 0 Å². The normalized spacial score (nSPS) is 10.9. The monoisotopic (exact) mass is 218 g/mol. The average Bonchev–Trinajstić information content (AvgIpc) is 2.60. The van der Waals surface area contributed by atoms with Crippen LogP contribution in [-0.2, 0) is 11.3 Å². The van der Waals surface area contributed by atoms with Gasteiger partial charge in [-0.15, -0.1) is 5.10 Å². The van der Waals surface area contributed by atoms with Crippen molar-refractivity contribution in [2.24, 2.45) is 0 Å². The van der Waals surface area contributed by atoms with Gasteiger partial charge in [-0.2, -0.15) is 0 Å². The smallest absolute Gasteiger partial charge is 0.294 e. The molecule has 1 heterocycles. The predicted molar refractivity (Wildman–Crippen MR) is 52.4 cm³/mol. The maximum Gasteiger partial charge on any atom is 0.294 e. The Labute approximate surface area is 86.7 Å². The van der Waals surface area contributed by atoms with E-state index >= 15 is 0 Å². The number of ether oxygens (including phenoxy) is 2. The van der Waals surface area contributed by atoms with Gasteiger partial charge in [0, 0.05) is 0 Å². The molecule has 6 heteroatoms. The molecule has 14 heavy (non-hydrogen) atoms. The summed E-state index contributed by atoms with van der Waals surface area (Å²) in [6, 6.07) is 0. The molecule has 5 nitrogen and oxygen atoms in total. The third kappa shape index (κ3) is 3.99. The van der Waals surface area contributed by atoms with Crippen molar-refractivity contribution in [1.29, 1.82) is 0 Å². The minimum Gasteiger partial charge on any atom is -0.466 e. The van der Waals surface area contributed by atoms with Crippen LogP contribution in [0.2, 0.25) is 0 Å². The molecule has 1 aromatic heterocycles. The average molecular weight is 218 g/mol. The van der Waals surface area contributed by atoms with Crippen LogP contribution >= 0.6 is 11.3 Å². The van der Waals surface area contributed by atoms with Gasteiger partial charge in [0.15, 0.2) is 0 Å². The second kappa shape index (κ2) is 5.90. The molecule has 0 fully saturated rings. The Balaban J connectivity index is 2.18. The van der Waals surface area contributed by atoms with Crippen LogP contribution in [0, 0.1) is 0 Å². The van der Waals surface area contributed by atoms with Gasteiger partial charge < -0.3 is 14.6 Å². The summed E-state index contributed by atoms with van der Waals surface area (Å²) in [5.41, 5.74) is 0. The van der Waals surface area contributed by atoms with Crippen molar-refractivity contribution >= 4 is 11.3 Å². The Bertz CT molecular complexity index is 265. The fourth-order valence-corrected chi connectivity index (χ4v) is 1.34. The maximum absolute atomic E-state index is 8.72. The van der Waals surface area contributed by atoms with Crippen LogP contribution in [0.4, 0.5) is 0 Å². The standard InChI is InChI=1S/C8H14N2O3S/c1-6(2)12-3-4-13-8-10-9-7(5-11)14-8/h6,11H,3-5H2,1-2H3. The molecule has 0 atom stereocenters. The summed E-state index contributed by atoms with van der Waals surface area (Å²) in [4.78, 5) is 0. The van der Waals surface area contributed by atoms with Crippen LogP contribution < -0.4 is 4.74 Å². The van der Waals surface area contributed by atoms with E-state index in [-0.39, 0.29) is 12.7 Å². The van der Waals surface area contributed by atoms with Gasteiger partial charge in [-0.25, -0.2) is 0 Å². The van der Waals surface area contributed by atoms with Gasteiger partial charge >= 0.3 is 0 Å². The molecular weight excluding hydrogens is 204 g/mol. The van der Waals surface area contributed by atoms with Crippen molar-refractivity contribution in [2.75, 3.05) is 13.2 Å². The first kappa shape index (κ1) is 11.4. The largest absolute Gasteiger partial charge is 0.466 e. The van der Waals surface area contributed by atoms with Crippen LogP contribution in [-0.4, -0.2) is 34.6 Å². The van der Waals surface area contributed by atoms with Gasteiger partial charge in [0.25, 0.3) is 5.19 Å². The van der Waals surface area contributed by atoms with E-state index in [0.29, 0.717) is 23.4 Å². The minimum atomic E-state index is -0.0937. The molecule has 1 N–H and O–H groups in total. The van der Waals surface area contributed by atoms with Gasteiger partial charge in [-0.05, 0) is 13.8 Å². The summed E-state index contributed by atoms with van der Waals surface area (Å²) in [6.07, 6.45) is 0.209. The highest BCUT2D eigenvalue weighted by molar-refractivity contribution is 7.13. The third-order valence-corrected chi connectivity index (χ3v) is 2.16. The highest BCUT2D eigenvalue weighted by Crippen LogP contribution is 2.17. The summed E-state index contributed by atoms with van der Waals surface area (Å²) in [7, 11) is 0. The topological polar surface area (TPSA) is 64.5 Å². The second-order valence-corrected chi connectivity index (χ2v) is 3.91. The van der Waals surface area contributed by atoms with Gasteiger partial charge in [0.05, 0.1) is 19.3 Å². The third-order valence-electron chi connectivity index (χ3n) is 1.34. The zero-order valence-electron chi connectivity index (χ0n) is 8.27. The number of hydrogen-bond donors (Lipinski definition) is 1. The summed E-state index contributed by atoms with van der Waals surface area (Å²) in [5, 5.41) is 17.2. The molecule has 1 rings (SSSR count).